The van der Waals surface area contributed by atoms with Crippen molar-refractivity contribution in [1.29, 1.82) is 0 Å². The average molecular weight is 416 g/mol. The van der Waals surface area contributed by atoms with Crippen LogP contribution < -0.4 is 26.1 Å². The van der Waals surface area contributed by atoms with Crippen LogP contribution in [0.25, 0.3) is 0 Å². The molecule has 0 spiro atoms. The number of benzene rings is 1. The monoisotopic (exact) mass is 416 g/mol. The molecule has 10 heteroatoms. The second-order valence-electron chi connectivity index (χ2n) is 6.20. The van der Waals surface area contributed by atoms with Gasteiger partial charge in [0, 0.05) is 18.1 Å². The van der Waals surface area contributed by atoms with Crippen LogP contribution in [0.4, 0.5) is 5.82 Å². The number of thioether (sulfide) groups is 1. The number of nitrogens with one attached hydrogen (secondary N) is 2. The van der Waals surface area contributed by atoms with E-state index in [0.717, 1.165) is 0 Å². The molecule has 1 atom stereocenters. The van der Waals surface area contributed by atoms with Crippen LogP contribution in [-0.2, 0) is 9.59 Å². The fraction of sp³-hybridized carbons (Fsp3) is 0.263. The highest BCUT2D eigenvalue weighted by molar-refractivity contribution is 7.99. The Bertz CT molecular complexity index is 1020. The Balaban J connectivity index is 2.00. The number of fused-ring (bicyclic) bond motifs is 1. The van der Waals surface area contributed by atoms with Crippen LogP contribution in [0, 0.1) is 0 Å². The number of methoxy groups -OCH3 is 1. The minimum atomic E-state index is -0.614. The van der Waals surface area contributed by atoms with Crippen molar-refractivity contribution >= 4 is 29.4 Å². The zero-order chi connectivity index (χ0) is 21.0. The number of primary amides is 1. The number of carbonyl (C=O) groups is 2. The van der Waals surface area contributed by atoms with Crippen LogP contribution in [-0.4, -0.2) is 41.3 Å². The van der Waals surface area contributed by atoms with Gasteiger partial charge in [-0.3, -0.25) is 14.4 Å². The predicted molar refractivity (Wildman–Crippen MR) is 109 cm³/mol. The summed E-state index contributed by atoms with van der Waals surface area (Å²) in [4.78, 5) is 43.1. The number of aromatic nitrogens is 2. The highest BCUT2D eigenvalue weighted by atomic mass is 32.2. The molecule has 9 nitrogen and oxygen atoms in total. The van der Waals surface area contributed by atoms with Crippen LogP contribution in [0.3, 0.4) is 0 Å². The Labute approximate surface area is 170 Å². The molecule has 0 saturated carbocycles. The highest BCUT2D eigenvalue weighted by Crippen LogP contribution is 2.38. The predicted octanol–water partition coefficient (Wildman–Crippen LogP) is 1.39. The Hall–Kier alpha value is -3.27. The molecule has 0 aliphatic carbocycles. The third-order valence-electron chi connectivity index (χ3n) is 4.23. The lowest BCUT2D eigenvalue weighted by Gasteiger charge is -2.25. The molecular weight excluding hydrogens is 396 g/mol. The smallest absolute Gasteiger partial charge is 0.257 e. The first-order valence-corrected chi connectivity index (χ1v) is 9.68. The molecule has 1 aliphatic rings. The molecule has 1 aliphatic heterocycles. The van der Waals surface area contributed by atoms with Gasteiger partial charge in [0.1, 0.15) is 5.82 Å². The summed E-state index contributed by atoms with van der Waals surface area (Å²) in [6.45, 7) is 3.34. The number of rotatable bonds is 8. The standard InChI is InChI=1S/C19H20N4O5S/c1-3-6-29-19-22-17-16(18(26)23-19)11(8-15(25)21-17)10-4-5-12(13(7-10)27-2)28-9-14(20)24/h3-5,7,11H,1,6,8-9H2,2H3,(H2,20,24)(H2,21,22,23,25,26)/t11-/m0/s1. The van der Waals surface area contributed by atoms with Crippen molar-refractivity contribution in [1.82, 2.24) is 9.97 Å². The molecule has 2 heterocycles. The van der Waals surface area contributed by atoms with Crippen molar-refractivity contribution in [2.45, 2.75) is 17.5 Å². The van der Waals surface area contributed by atoms with Gasteiger partial charge in [0.15, 0.2) is 23.3 Å². The zero-order valence-corrected chi connectivity index (χ0v) is 16.5. The molecule has 152 valence electrons. The van der Waals surface area contributed by atoms with Gasteiger partial charge in [-0.1, -0.05) is 23.9 Å². The van der Waals surface area contributed by atoms with Crippen LogP contribution >= 0.6 is 11.8 Å². The van der Waals surface area contributed by atoms with Gasteiger partial charge in [-0.15, -0.1) is 6.58 Å². The van der Waals surface area contributed by atoms with Gasteiger partial charge < -0.3 is 25.5 Å². The summed E-state index contributed by atoms with van der Waals surface area (Å²) in [7, 11) is 1.45. The number of H-pyrrole nitrogens is 1. The van der Waals surface area contributed by atoms with E-state index >= 15 is 0 Å². The Kier molecular flexibility index (Phi) is 6.23. The number of anilines is 1. The molecule has 1 aromatic heterocycles. The fourth-order valence-corrected chi connectivity index (χ4v) is 3.61. The van der Waals surface area contributed by atoms with E-state index in [1.807, 2.05) is 0 Å². The molecule has 0 unspecified atom stereocenters. The molecule has 29 heavy (non-hydrogen) atoms. The summed E-state index contributed by atoms with van der Waals surface area (Å²) in [6.07, 6.45) is 1.78. The third-order valence-corrected chi connectivity index (χ3v) is 5.10. The largest absolute Gasteiger partial charge is 0.493 e. The summed E-state index contributed by atoms with van der Waals surface area (Å²) >= 11 is 1.31. The number of aromatic amines is 1. The molecule has 4 N–H and O–H groups in total. The number of nitrogens with zero attached hydrogens (tertiary/aromatic N) is 1. The maximum Gasteiger partial charge on any atom is 0.257 e. The second-order valence-corrected chi connectivity index (χ2v) is 7.21. The van der Waals surface area contributed by atoms with Crippen molar-refractivity contribution in [3.63, 3.8) is 0 Å². The molecule has 3 rings (SSSR count). The van der Waals surface area contributed by atoms with E-state index in [9.17, 15) is 14.4 Å². The summed E-state index contributed by atoms with van der Waals surface area (Å²) < 4.78 is 10.7. The lowest BCUT2D eigenvalue weighted by atomic mass is 9.86. The molecule has 0 fully saturated rings. The SMILES string of the molecule is C=CCSc1nc2c(c(=O)[nH]1)[C@H](c1ccc(OCC(N)=O)c(OC)c1)CC(=O)N2. The average Bonchev–Trinajstić information content (AvgIpc) is 2.69. The highest BCUT2D eigenvalue weighted by Gasteiger charge is 2.31. The molecule has 0 bridgehead atoms. The molecule has 0 saturated heterocycles. The quantitative estimate of drug-likeness (QED) is 0.336. The van der Waals surface area contributed by atoms with E-state index in [-0.39, 0.29) is 30.3 Å². The molecule has 2 amide bonds. The van der Waals surface area contributed by atoms with Gasteiger partial charge in [0.05, 0.1) is 12.7 Å². The lowest BCUT2D eigenvalue weighted by molar-refractivity contribution is -0.120. The van der Waals surface area contributed by atoms with Crippen LogP contribution in [0.2, 0.25) is 0 Å². The number of hydrogen-bond donors (Lipinski definition) is 3. The number of hydrogen-bond acceptors (Lipinski definition) is 7. The van der Waals surface area contributed by atoms with E-state index in [2.05, 4.69) is 21.9 Å². The number of nitrogens with two attached hydrogens (primary N) is 1. The Morgan fingerprint density at radius 2 is 2.21 bits per heavy atom. The van der Waals surface area contributed by atoms with Crippen molar-refractivity contribution in [3.05, 3.63) is 52.3 Å². The minimum Gasteiger partial charge on any atom is -0.493 e. The topological polar surface area (TPSA) is 136 Å². The summed E-state index contributed by atoms with van der Waals surface area (Å²) in [5.74, 6) is 0.146. The molecular formula is C19H20N4O5S. The Morgan fingerprint density at radius 1 is 1.41 bits per heavy atom. The van der Waals surface area contributed by atoms with E-state index in [4.69, 9.17) is 15.2 Å². The van der Waals surface area contributed by atoms with Crippen LogP contribution in [0.1, 0.15) is 23.5 Å². The molecule has 0 radical (unpaired) electrons. The second kappa shape index (κ2) is 8.82. The first-order chi connectivity index (χ1) is 13.9. The fourth-order valence-electron chi connectivity index (χ4n) is 3.01. The first kappa shape index (κ1) is 20.5. The van der Waals surface area contributed by atoms with Gasteiger partial charge in [0.2, 0.25) is 5.91 Å². The van der Waals surface area contributed by atoms with Crippen LogP contribution in [0.5, 0.6) is 11.5 Å². The summed E-state index contributed by atoms with van der Waals surface area (Å²) in [5, 5.41) is 3.08. The number of carbonyl (C=O) groups excluding carboxylic acids is 2. The summed E-state index contributed by atoms with van der Waals surface area (Å²) in [6, 6.07) is 4.99. The van der Waals surface area contributed by atoms with Crippen molar-refractivity contribution in [2.24, 2.45) is 5.73 Å². The van der Waals surface area contributed by atoms with Crippen molar-refractivity contribution < 1.29 is 19.1 Å². The van der Waals surface area contributed by atoms with Gasteiger partial charge in [0.25, 0.3) is 11.5 Å². The molecule has 2 aromatic rings. The van der Waals surface area contributed by atoms with Crippen LogP contribution in [0.15, 0.2) is 40.8 Å². The lowest BCUT2D eigenvalue weighted by Crippen LogP contribution is -2.31. The maximum atomic E-state index is 12.7. The summed E-state index contributed by atoms with van der Waals surface area (Å²) in [5.41, 5.74) is 5.84. The number of ether oxygens (including phenoxy) is 2. The third kappa shape index (κ3) is 4.60. The molecule has 1 aromatic carbocycles. The van der Waals surface area contributed by atoms with E-state index in [0.29, 0.717) is 33.5 Å². The normalized spacial score (nSPS) is 15.2. The van der Waals surface area contributed by atoms with Crippen molar-refractivity contribution in [2.75, 3.05) is 24.8 Å². The first-order valence-electron chi connectivity index (χ1n) is 8.69. The van der Waals surface area contributed by atoms with E-state index in [1.165, 1.54) is 18.9 Å². The number of amides is 2. The zero-order valence-electron chi connectivity index (χ0n) is 15.7. The van der Waals surface area contributed by atoms with E-state index < -0.39 is 11.8 Å². The van der Waals surface area contributed by atoms with Gasteiger partial charge in [-0.25, -0.2) is 4.98 Å². The van der Waals surface area contributed by atoms with Gasteiger partial charge >= 0.3 is 0 Å². The van der Waals surface area contributed by atoms with Gasteiger partial charge in [-0.05, 0) is 17.7 Å². The Morgan fingerprint density at radius 3 is 2.90 bits per heavy atom. The minimum absolute atomic E-state index is 0.0849. The van der Waals surface area contributed by atoms with E-state index in [1.54, 1.807) is 24.3 Å². The maximum absolute atomic E-state index is 12.7. The van der Waals surface area contributed by atoms with Crippen molar-refractivity contribution in [3.8, 4) is 11.5 Å². The van der Waals surface area contributed by atoms with Gasteiger partial charge in [-0.2, -0.15) is 0 Å².